The lowest BCUT2D eigenvalue weighted by molar-refractivity contribution is -0.124. The molecule has 1 saturated heterocycles. The van der Waals surface area contributed by atoms with Gasteiger partial charge in [0.2, 0.25) is 5.91 Å². The maximum absolute atomic E-state index is 12.9. The van der Waals surface area contributed by atoms with Gasteiger partial charge in [0, 0.05) is 28.8 Å². The molecule has 0 radical (unpaired) electrons. The standard InChI is InChI=1S/C20H21BrN2O2/c1-13-4-5-14(2)18(12-13)23-11-10-22(15(3)19(23)24)20(25)16-6-8-17(21)9-7-16/h4-9,12,15H,10-11H2,1-3H3/t15-/m0/s1. The van der Waals surface area contributed by atoms with Crippen molar-refractivity contribution >= 4 is 33.4 Å². The van der Waals surface area contributed by atoms with Gasteiger partial charge in [0.1, 0.15) is 6.04 Å². The van der Waals surface area contributed by atoms with Crippen LogP contribution in [0.5, 0.6) is 0 Å². The molecule has 4 nitrogen and oxygen atoms in total. The summed E-state index contributed by atoms with van der Waals surface area (Å²) in [6, 6.07) is 12.9. The van der Waals surface area contributed by atoms with E-state index in [0.717, 1.165) is 21.3 Å². The van der Waals surface area contributed by atoms with Crippen LogP contribution < -0.4 is 4.90 Å². The van der Waals surface area contributed by atoms with E-state index in [-0.39, 0.29) is 11.8 Å². The predicted molar refractivity (Wildman–Crippen MR) is 103 cm³/mol. The van der Waals surface area contributed by atoms with Crippen molar-refractivity contribution in [1.82, 2.24) is 4.90 Å². The number of hydrogen-bond donors (Lipinski definition) is 0. The third-order valence-corrected chi connectivity index (χ3v) is 5.19. The van der Waals surface area contributed by atoms with Crippen molar-refractivity contribution in [2.75, 3.05) is 18.0 Å². The van der Waals surface area contributed by atoms with Gasteiger partial charge in [-0.2, -0.15) is 0 Å². The molecular weight excluding hydrogens is 380 g/mol. The molecule has 0 N–H and O–H groups in total. The lowest BCUT2D eigenvalue weighted by atomic mass is 10.1. The minimum absolute atomic E-state index is 0.0367. The largest absolute Gasteiger partial charge is 0.325 e. The fourth-order valence-corrected chi connectivity index (χ4v) is 3.42. The smallest absolute Gasteiger partial charge is 0.254 e. The highest BCUT2D eigenvalue weighted by atomic mass is 79.9. The van der Waals surface area contributed by atoms with E-state index in [1.807, 2.05) is 44.2 Å². The van der Waals surface area contributed by atoms with Gasteiger partial charge in [0.25, 0.3) is 5.91 Å². The number of piperazine rings is 1. The molecule has 130 valence electrons. The van der Waals surface area contributed by atoms with Gasteiger partial charge in [-0.15, -0.1) is 0 Å². The Hall–Kier alpha value is -2.14. The van der Waals surface area contributed by atoms with Crippen molar-refractivity contribution in [3.05, 3.63) is 63.6 Å². The first-order valence-electron chi connectivity index (χ1n) is 8.33. The Morgan fingerprint density at radius 3 is 2.44 bits per heavy atom. The van der Waals surface area contributed by atoms with E-state index in [4.69, 9.17) is 0 Å². The summed E-state index contributed by atoms with van der Waals surface area (Å²) in [5.41, 5.74) is 3.73. The van der Waals surface area contributed by atoms with E-state index < -0.39 is 6.04 Å². The van der Waals surface area contributed by atoms with Crippen LogP contribution in [0.15, 0.2) is 46.9 Å². The summed E-state index contributed by atoms with van der Waals surface area (Å²) in [7, 11) is 0. The van der Waals surface area contributed by atoms with Gasteiger partial charge in [0.05, 0.1) is 0 Å². The Labute approximate surface area is 156 Å². The molecule has 1 aliphatic rings. The summed E-state index contributed by atoms with van der Waals surface area (Å²) >= 11 is 3.37. The summed E-state index contributed by atoms with van der Waals surface area (Å²) < 4.78 is 0.924. The van der Waals surface area contributed by atoms with Gasteiger partial charge < -0.3 is 9.80 Å². The van der Waals surface area contributed by atoms with Crippen LogP contribution in [0.25, 0.3) is 0 Å². The summed E-state index contributed by atoms with van der Waals surface area (Å²) in [6.07, 6.45) is 0. The molecule has 3 rings (SSSR count). The number of halogens is 1. The highest BCUT2D eigenvalue weighted by molar-refractivity contribution is 9.10. The molecule has 2 aromatic carbocycles. The average molecular weight is 401 g/mol. The monoisotopic (exact) mass is 400 g/mol. The van der Waals surface area contributed by atoms with Gasteiger partial charge >= 0.3 is 0 Å². The van der Waals surface area contributed by atoms with Crippen molar-refractivity contribution in [1.29, 1.82) is 0 Å². The van der Waals surface area contributed by atoms with Gasteiger partial charge in [-0.1, -0.05) is 28.1 Å². The number of aryl methyl sites for hydroxylation is 2. The fraction of sp³-hybridized carbons (Fsp3) is 0.300. The van der Waals surface area contributed by atoms with Crippen LogP contribution >= 0.6 is 15.9 Å². The van der Waals surface area contributed by atoms with Crippen LogP contribution in [0.4, 0.5) is 5.69 Å². The second-order valence-electron chi connectivity index (χ2n) is 6.46. The number of benzene rings is 2. The minimum atomic E-state index is -0.482. The zero-order valence-corrected chi connectivity index (χ0v) is 16.2. The Morgan fingerprint density at radius 1 is 1.08 bits per heavy atom. The number of amides is 2. The topological polar surface area (TPSA) is 40.6 Å². The van der Waals surface area contributed by atoms with E-state index in [0.29, 0.717) is 18.7 Å². The van der Waals surface area contributed by atoms with Crippen molar-refractivity contribution in [3.63, 3.8) is 0 Å². The van der Waals surface area contributed by atoms with Gasteiger partial charge in [-0.25, -0.2) is 0 Å². The number of hydrogen-bond acceptors (Lipinski definition) is 2. The first-order chi connectivity index (χ1) is 11.9. The van der Waals surface area contributed by atoms with E-state index in [1.54, 1.807) is 28.9 Å². The first kappa shape index (κ1) is 17.7. The quantitative estimate of drug-likeness (QED) is 0.765. The molecule has 1 atom stereocenters. The molecule has 1 heterocycles. The van der Waals surface area contributed by atoms with Crippen LogP contribution in [-0.2, 0) is 4.79 Å². The molecule has 0 unspecified atom stereocenters. The molecule has 0 aromatic heterocycles. The van der Waals surface area contributed by atoms with E-state index in [1.165, 1.54) is 0 Å². The fourth-order valence-electron chi connectivity index (χ4n) is 3.16. The second-order valence-corrected chi connectivity index (χ2v) is 7.38. The predicted octanol–water partition coefficient (Wildman–Crippen LogP) is 3.94. The number of anilines is 1. The maximum Gasteiger partial charge on any atom is 0.254 e. The lowest BCUT2D eigenvalue weighted by Gasteiger charge is -2.39. The van der Waals surface area contributed by atoms with Gasteiger partial charge in [-0.05, 0) is 62.2 Å². The molecule has 0 spiro atoms. The SMILES string of the molecule is Cc1ccc(C)c(N2CCN(C(=O)c3ccc(Br)cc3)[C@@H](C)C2=O)c1. The molecule has 2 aromatic rings. The third kappa shape index (κ3) is 3.47. The molecule has 0 bridgehead atoms. The Kier molecular flexibility index (Phi) is 4.95. The van der Waals surface area contributed by atoms with Gasteiger partial charge in [0.15, 0.2) is 0 Å². The minimum Gasteiger partial charge on any atom is -0.325 e. The number of carbonyl (C=O) groups is 2. The molecule has 25 heavy (non-hydrogen) atoms. The molecular formula is C20H21BrN2O2. The lowest BCUT2D eigenvalue weighted by Crippen LogP contribution is -2.58. The van der Waals surface area contributed by atoms with Crippen LogP contribution in [0.3, 0.4) is 0 Å². The van der Waals surface area contributed by atoms with Crippen molar-refractivity contribution in [3.8, 4) is 0 Å². The van der Waals surface area contributed by atoms with E-state index in [2.05, 4.69) is 15.9 Å². The van der Waals surface area contributed by atoms with Crippen LogP contribution in [0, 0.1) is 13.8 Å². The van der Waals surface area contributed by atoms with Crippen molar-refractivity contribution in [2.24, 2.45) is 0 Å². The normalized spacial score (nSPS) is 17.8. The van der Waals surface area contributed by atoms with E-state index >= 15 is 0 Å². The highest BCUT2D eigenvalue weighted by Gasteiger charge is 2.35. The molecule has 0 aliphatic carbocycles. The molecule has 1 aliphatic heterocycles. The second kappa shape index (κ2) is 7.00. The van der Waals surface area contributed by atoms with Crippen LogP contribution in [-0.4, -0.2) is 35.8 Å². The molecule has 0 saturated carbocycles. The Bertz CT molecular complexity index is 817. The highest BCUT2D eigenvalue weighted by Crippen LogP contribution is 2.26. The van der Waals surface area contributed by atoms with Crippen molar-refractivity contribution in [2.45, 2.75) is 26.8 Å². The van der Waals surface area contributed by atoms with E-state index in [9.17, 15) is 9.59 Å². The molecule has 1 fully saturated rings. The number of rotatable bonds is 2. The summed E-state index contributed by atoms with van der Waals surface area (Å²) in [6.45, 7) is 6.86. The van der Waals surface area contributed by atoms with Crippen molar-refractivity contribution < 1.29 is 9.59 Å². The Balaban J connectivity index is 1.83. The van der Waals surface area contributed by atoms with Crippen LogP contribution in [0.1, 0.15) is 28.4 Å². The molecule has 5 heteroatoms. The summed E-state index contributed by atoms with van der Waals surface area (Å²) in [5.74, 6) is -0.139. The number of nitrogens with zero attached hydrogens (tertiary/aromatic N) is 2. The van der Waals surface area contributed by atoms with Crippen LogP contribution in [0.2, 0.25) is 0 Å². The zero-order chi connectivity index (χ0) is 18.1. The average Bonchev–Trinajstić information content (AvgIpc) is 2.60. The summed E-state index contributed by atoms with van der Waals surface area (Å²) in [5, 5.41) is 0. The zero-order valence-electron chi connectivity index (χ0n) is 14.6. The van der Waals surface area contributed by atoms with Gasteiger partial charge in [-0.3, -0.25) is 9.59 Å². The first-order valence-corrected chi connectivity index (χ1v) is 9.13. The number of carbonyl (C=O) groups excluding carboxylic acids is 2. The Morgan fingerprint density at radius 2 is 1.76 bits per heavy atom. The molecule has 2 amide bonds. The summed E-state index contributed by atoms with van der Waals surface area (Å²) in [4.78, 5) is 29.1. The third-order valence-electron chi connectivity index (χ3n) is 4.66. The maximum atomic E-state index is 12.9.